The molecule has 1 aromatic heterocycles. The zero-order valence-electron chi connectivity index (χ0n) is 21.1. The molecule has 3 amide bonds. The number of nitrogens with zero attached hydrogens (tertiary/aromatic N) is 1. The van der Waals surface area contributed by atoms with Crippen LogP contribution < -0.4 is 25.5 Å². The minimum atomic E-state index is -0.922. The van der Waals surface area contributed by atoms with Gasteiger partial charge in [0.25, 0.3) is 5.91 Å². The monoisotopic (exact) mass is 534 g/mol. The van der Waals surface area contributed by atoms with Gasteiger partial charge in [-0.15, -0.1) is 0 Å². The maximum absolute atomic E-state index is 13.1. The summed E-state index contributed by atoms with van der Waals surface area (Å²) in [4.78, 5) is 38.5. The summed E-state index contributed by atoms with van der Waals surface area (Å²) in [6.45, 7) is 2.16. The van der Waals surface area contributed by atoms with Gasteiger partial charge >= 0.3 is 11.8 Å². The topological polar surface area (TPSA) is 111 Å². The Hall–Kier alpha value is -4.50. The number of fused-ring (bicyclic) bond motifs is 1. The molecular formula is C28H27ClN4O5. The molecule has 0 radical (unpaired) electrons. The van der Waals surface area contributed by atoms with E-state index >= 15 is 0 Å². The third-order valence-corrected chi connectivity index (χ3v) is 6.11. The molecule has 0 atom stereocenters. The van der Waals surface area contributed by atoms with Gasteiger partial charge in [0.05, 0.1) is 19.7 Å². The van der Waals surface area contributed by atoms with Crippen LogP contribution in [0.3, 0.4) is 0 Å². The molecule has 3 N–H and O–H groups in total. The standard InChI is InChI=1S/C28H27ClN4O5/c1-17-4-8-21(9-5-17)31-26(34)23-16-19-15-20(29)7-10-22(19)33(23)32-28(36)27(35)30-13-12-18-6-11-24(37-2)25(14-18)38-3/h4-11,14-16H,12-13H2,1-3H3,(H,30,35)(H,31,34)(H,32,36). The number of rotatable bonds is 8. The van der Waals surface area contributed by atoms with Crippen LogP contribution >= 0.6 is 11.6 Å². The number of aryl methyl sites for hydroxylation is 1. The third kappa shape index (κ3) is 6.07. The summed E-state index contributed by atoms with van der Waals surface area (Å²) < 4.78 is 11.8. The lowest BCUT2D eigenvalue weighted by Gasteiger charge is -2.13. The van der Waals surface area contributed by atoms with Gasteiger partial charge in [0.15, 0.2) is 11.5 Å². The summed E-state index contributed by atoms with van der Waals surface area (Å²) in [5, 5.41) is 6.51. The van der Waals surface area contributed by atoms with Gasteiger partial charge in [0, 0.05) is 22.6 Å². The van der Waals surface area contributed by atoms with Crippen LogP contribution in [0.25, 0.3) is 10.9 Å². The second kappa shape index (κ2) is 11.7. The number of hydrogen-bond donors (Lipinski definition) is 3. The Kier molecular flexibility index (Phi) is 8.18. The first-order chi connectivity index (χ1) is 18.3. The number of methoxy groups -OCH3 is 2. The summed E-state index contributed by atoms with van der Waals surface area (Å²) in [6, 6.07) is 19.3. The summed E-state index contributed by atoms with van der Waals surface area (Å²) in [5.74, 6) is -1.05. The number of carbonyl (C=O) groups excluding carboxylic acids is 3. The number of aromatic nitrogens is 1. The molecule has 0 fully saturated rings. The van der Waals surface area contributed by atoms with E-state index in [1.165, 1.54) is 4.68 Å². The van der Waals surface area contributed by atoms with Gasteiger partial charge in [-0.05, 0) is 67.4 Å². The van der Waals surface area contributed by atoms with Crippen molar-refractivity contribution in [1.82, 2.24) is 9.99 Å². The van der Waals surface area contributed by atoms with E-state index in [0.29, 0.717) is 39.5 Å². The normalized spacial score (nSPS) is 10.6. The van der Waals surface area contributed by atoms with Crippen molar-refractivity contribution in [1.29, 1.82) is 0 Å². The van der Waals surface area contributed by atoms with Crippen LogP contribution in [0.5, 0.6) is 11.5 Å². The van der Waals surface area contributed by atoms with Crippen LogP contribution in [0, 0.1) is 6.92 Å². The summed E-state index contributed by atoms with van der Waals surface area (Å²) >= 11 is 6.13. The first-order valence-corrected chi connectivity index (χ1v) is 12.2. The molecular weight excluding hydrogens is 508 g/mol. The summed E-state index contributed by atoms with van der Waals surface area (Å²) in [7, 11) is 3.10. The quantitative estimate of drug-likeness (QED) is 0.292. The van der Waals surface area contributed by atoms with Gasteiger partial charge in [-0.1, -0.05) is 35.4 Å². The number of nitrogens with one attached hydrogen (secondary N) is 3. The Bertz CT molecular complexity index is 1500. The Balaban J connectivity index is 1.47. The Morgan fingerprint density at radius 1 is 0.868 bits per heavy atom. The van der Waals surface area contributed by atoms with Crippen LogP contribution in [0.15, 0.2) is 66.7 Å². The first-order valence-electron chi connectivity index (χ1n) is 11.8. The van der Waals surface area contributed by atoms with E-state index < -0.39 is 17.7 Å². The highest BCUT2D eigenvalue weighted by atomic mass is 35.5. The smallest absolute Gasteiger partial charge is 0.328 e. The molecule has 0 aliphatic heterocycles. The van der Waals surface area contributed by atoms with Crippen molar-refractivity contribution < 1.29 is 23.9 Å². The predicted octanol–water partition coefficient (Wildman–Crippen LogP) is 4.30. The molecule has 4 rings (SSSR count). The highest BCUT2D eigenvalue weighted by Crippen LogP contribution is 2.27. The number of amides is 3. The molecule has 0 saturated heterocycles. The van der Waals surface area contributed by atoms with Crippen molar-refractivity contribution in [3.8, 4) is 11.5 Å². The van der Waals surface area contributed by atoms with Gasteiger partial charge in [-0.2, -0.15) is 0 Å². The van der Waals surface area contributed by atoms with Crippen molar-refractivity contribution in [2.45, 2.75) is 13.3 Å². The minimum Gasteiger partial charge on any atom is -0.493 e. The van der Waals surface area contributed by atoms with Gasteiger partial charge < -0.3 is 20.1 Å². The number of halogens is 1. The molecule has 0 unspecified atom stereocenters. The SMILES string of the molecule is COc1ccc(CCNC(=O)C(=O)Nn2c(C(=O)Nc3ccc(C)cc3)cc3cc(Cl)ccc32)cc1OC. The number of benzene rings is 3. The van der Waals surface area contributed by atoms with E-state index in [9.17, 15) is 14.4 Å². The van der Waals surface area contributed by atoms with E-state index in [1.54, 1.807) is 62.8 Å². The molecule has 4 aromatic rings. The van der Waals surface area contributed by atoms with Crippen molar-refractivity contribution >= 4 is 45.9 Å². The maximum atomic E-state index is 13.1. The fraction of sp³-hybridized carbons (Fsp3) is 0.179. The van der Waals surface area contributed by atoms with Gasteiger partial charge in [0.2, 0.25) is 0 Å². The van der Waals surface area contributed by atoms with E-state index in [0.717, 1.165) is 11.1 Å². The van der Waals surface area contributed by atoms with E-state index in [4.69, 9.17) is 21.1 Å². The van der Waals surface area contributed by atoms with E-state index in [2.05, 4.69) is 16.1 Å². The Morgan fingerprint density at radius 3 is 2.32 bits per heavy atom. The fourth-order valence-electron chi connectivity index (χ4n) is 3.89. The predicted molar refractivity (Wildman–Crippen MR) is 147 cm³/mol. The molecule has 1 heterocycles. The minimum absolute atomic E-state index is 0.134. The molecule has 3 aromatic carbocycles. The van der Waals surface area contributed by atoms with Crippen molar-refractivity contribution in [2.24, 2.45) is 0 Å². The Labute approximate surface area is 224 Å². The highest BCUT2D eigenvalue weighted by Gasteiger charge is 2.21. The fourth-order valence-corrected chi connectivity index (χ4v) is 4.08. The number of hydrogen-bond acceptors (Lipinski definition) is 5. The second-order valence-corrected chi connectivity index (χ2v) is 8.96. The molecule has 10 heteroatoms. The average molecular weight is 535 g/mol. The van der Waals surface area contributed by atoms with Crippen LogP contribution in [-0.2, 0) is 16.0 Å². The lowest BCUT2D eigenvalue weighted by Crippen LogP contribution is -2.40. The number of anilines is 1. The van der Waals surface area contributed by atoms with Crippen LogP contribution in [0.2, 0.25) is 5.02 Å². The summed E-state index contributed by atoms with van der Waals surface area (Å²) in [5.41, 5.74) is 5.72. The first kappa shape index (κ1) is 26.6. The highest BCUT2D eigenvalue weighted by molar-refractivity contribution is 6.38. The molecule has 9 nitrogen and oxygen atoms in total. The zero-order valence-corrected chi connectivity index (χ0v) is 21.9. The average Bonchev–Trinajstić information content (AvgIpc) is 3.26. The molecule has 0 saturated carbocycles. The summed E-state index contributed by atoms with van der Waals surface area (Å²) in [6.07, 6.45) is 0.467. The van der Waals surface area contributed by atoms with Gasteiger partial charge in [-0.25, -0.2) is 4.68 Å². The lowest BCUT2D eigenvalue weighted by molar-refractivity contribution is -0.136. The van der Waals surface area contributed by atoms with Crippen LogP contribution in [0.1, 0.15) is 21.6 Å². The largest absolute Gasteiger partial charge is 0.493 e. The van der Waals surface area contributed by atoms with Crippen molar-refractivity contribution in [2.75, 3.05) is 31.5 Å². The molecule has 196 valence electrons. The molecule has 38 heavy (non-hydrogen) atoms. The zero-order chi connectivity index (χ0) is 27.2. The van der Waals surface area contributed by atoms with Crippen molar-refractivity contribution in [3.05, 3.63) is 88.6 Å². The molecule has 0 bridgehead atoms. The van der Waals surface area contributed by atoms with Crippen molar-refractivity contribution in [3.63, 3.8) is 0 Å². The van der Waals surface area contributed by atoms with Crippen LogP contribution in [0.4, 0.5) is 5.69 Å². The molecule has 0 aliphatic carbocycles. The van der Waals surface area contributed by atoms with Gasteiger partial charge in [0.1, 0.15) is 5.69 Å². The van der Waals surface area contributed by atoms with Crippen LogP contribution in [-0.4, -0.2) is 43.2 Å². The third-order valence-electron chi connectivity index (χ3n) is 5.87. The van der Waals surface area contributed by atoms with Gasteiger partial charge in [-0.3, -0.25) is 19.8 Å². The second-order valence-electron chi connectivity index (χ2n) is 8.52. The lowest BCUT2D eigenvalue weighted by atomic mass is 10.1. The number of carbonyl (C=O) groups is 3. The van der Waals surface area contributed by atoms with E-state index in [-0.39, 0.29) is 12.2 Å². The molecule has 0 aliphatic rings. The molecule has 0 spiro atoms. The van der Waals surface area contributed by atoms with E-state index in [1.807, 2.05) is 25.1 Å². The maximum Gasteiger partial charge on any atom is 0.328 e. The number of ether oxygens (including phenoxy) is 2. The Morgan fingerprint density at radius 2 is 1.61 bits per heavy atom.